The molecule has 0 saturated heterocycles. The van der Waals surface area contributed by atoms with Gasteiger partial charge >= 0.3 is 5.97 Å². The molecule has 0 aromatic heterocycles. The third-order valence-corrected chi connectivity index (χ3v) is 4.92. The molecule has 0 aromatic carbocycles. The van der Waals surface area contributed by atoms with E-state index in [1.54, 1.807) is 0 Å². The van der Waals surface area contributed by atoms with Crippen LogP contribution in [0.3, 0.4) is 0 Å². The Morgan fingerprint density at radius 3 is 2.74 bits per heavy atom. The summed E-state index contributed by atoms with van der Waals surface area (Å²) < 4.78 is 4.64. The van der Waals surface area contributed by atoms with Crippen molar-refractivity contribution in [3.8, 4) is 0 Å². The van der Waals surface area contributed by atoms with E-state index in [9.17, 15) is 15.0 Å². The van der Waals surface area contributed by atoms with Gasteiger partial charge in [-0.1, -0.05) is 44.8 Å². The Morgan fingerprint density at radius 1 is 1.26 bits per heavy atom. The monoisotopic (exact) mass is 326 g/mol. The van der Waals surface area contributed by atoms with Crippen LogP contribution in [0, 0.1) is 11.8 Å². The molecule has 0 aromatic rings. The van der Waals surface area contributed by atoms with Crippen molar-refractivity contribution in [3.05, 3.63) is 12.2 Å². The summed E-state index contributed by atoms with van der Waals surface area (Å²) in [6, 6.07) is 0. The molecule has 4 nitrogen and oxygen atoms in total. The molecule has 1 rings (SSSR count). The van der Waals surface area contributed by atoms with E-state index in [4.69, 9.17) is 0 Å². The molecule has 4 atom stereocenters. The lowest BCUT2D eigenvalue weighted by Gasteiger charge is -2.20. The number of ether oxygens (including phenoxy) is 1. The zero-order valence-corrected chi connectivity index (χ0v) is 14.7. The summed E-state index contributed by atoms with van der Waals surface area (Å²) >= 11 is 0. The SMILES string of the molecule is CCCCCC(O)C=C[C@H]1CC[C@@H](O)[C@H]1CCCCC(=O)OC. The van der Waals surface area contributed by atoms with Gasteiger partial charge in [0.05, 0.1) is 19.3 Å². The lowest BCUT2D eigenvalue weighted by atomic mass is 9.88. The number of methoxy groups -OCH3 is 1. The summed E-state index contributed by atoms with van der Waals surface area (Å²) in [6.45, 7) is 2.16. The second kappa shape index (κ2) is 11.6. The van der Waals surface area contributed by atoms with Gasteiger partial charge < -0.3 is 14.9 Å². The average molecular weight is 326 g/mol. The van der Waals surface area contributed by atoms with Crippen LogP contribution in [-0.4, -0.2) is 35.5 Å². The number of hydrogen-bond acceptors (Lipinski definition) is 4. The molecule has 4 heteroatoms. The molecule has 0 radical (unpaired) electrons. The average Bonchev–Trinajstić information content (AvgIpc) is 2.89. The Bertz CT molecular complexity index is 353. The van der Waals surface area contributed by atoms with Gasteiger partial charge in [-0.2, -0.15) is 0 Å². The van der Waals surface area contributed by atoms with Crippen LogP contribution in [0.25, 0.3) is 0 Å². The highest BCUT2D eigenvalue weighted by Gasteiger charge is 2.32. The van der Waals surface area contributed by atoms with Gasteiger partial charge in [0, 0.05) is 6.42 Å². The topological polar surface area (TPSA) is 66.8 Å². The van der Waals surface area contributed by atoms with E-state index in [1.165, 1.54) is 13.5 Å². The van der Waals surface area contributed by atoms with Crippen molar-refractivity contribution in [3.63, 3.8) is 0 Å². The minimum absolute atomic E-state index is 0.163. The zero-order chi connectivity index (χ0) is 17.1. The number of rotatable bonds is 11. The third kappa shape index (κ3) is 7.98. The number of esters is 1. The van der Waals surface area contributed by atoms with Gasteiger partial charge in [0.2, 0.25) is 0 Å². The van der Waals surface area contributed by atoms with Crippen molar-refractivity contribution in [2.45, 2.75) is 83.3 Å². The lowest BCUT2D eigenvalue weighted by Crippen LogP contribution is -2.18. The van der Waals surface area contributed by atoms with Gasteiger partial charge in [-0.3, -0.25) is 4.79 Å². The van der Waals surface area contributed by atoms with Gasteiger partial charge in [-0.25, -0.2) is 0 Å². The quantitative estimate of drug-likeness (QED) is 0.346. The molecule has 0 amide bonds. The molecule has 134 valence electrons. The van der Waals surface area contributed by atoms with Gasteiger partial charge in [-0.15, -0.1) is 0 Å². The van der Waals surface area contributed by atoms with Crippen LogP contribution in [0.2, 0.25) is 0 Å². The lowest BCUT2D eigenvalue weighted by molar-refractivity contribution is -0.140. The van der Waals surface area contributed by atoms with E-state index in [0.29, 0.717) is 12.3 Å². The molecule has 23 heavy (non-hydrogen) atoms. The molecule has 1 aliphatic carbocycles. The fourth-order valence-electron chi connectivity index (χ4n) is 3.44. The van der Waals surface area contributed by atoms with E-state index < -0.39 is 0 Å². The third-order valence-electron chi connectivity index (χ3n) is 4.92. The number of unbranched alkanes of at least 4 members (excludes halogenated alkanes) is 3. The van der Waals surface area contributed by atoms with Crippen molar-refractivity contribution in [2.24, 2.45) is 11.8 Å². The molecule has 0 heterocycles. The minimum Gasteiger partial charge on any atom is -0.469 e. The zero-order valence-electron chi connectivity index (χ0n) is 14.7. The highest BCUT2D eigenvalue weighted by Crippen LogP contribution is 2.36. The van der Waals surface area contributed by atoms with Crippen molar-refractivity contribution in [2.75, 3.05) is 7.11 Å². The summed E-state index contributed by atoms with van der Waals surface area (Å²) in [7, 11) is 1.41. The number of allylic oxidation sites excluding steroid dienone is 1. The van der Waals surface area contributed by atoms with Crippen LogP contribution >= 0.6 is 0 Å². The molecule has 1 fully saturated rings. The minimum atomic E-state index is -0.362. The van der Waals surface area contributed by atoms with Crippen LogP contribution in [-0.2, 0) is 9.53 Å². The Balaban J connectivity index is 2.33. The Kier molecular flexibility index (Phi) is 10.2. The Hall–Kier alpha value is -0.870. The predicted molar refractivity (Wildman–Crippen MR) is 92.0 cm³/mol. The number of aliphatic hydroxyl groups is 2. The Labute approximate surface area is 140 Å². The largest absolute Gasteiger partial charge is 0.469 e. The fraction of sp³-hybridized carbons (Fsp3) is 0.842. The van der Waals surface area contributed by atoms with Crippen molar-refractivity contribution < 1.29 is 19.7 Å². The van der Waals surface area contributed by atoms with E-state index in [2.05, 4.69) is 17.7 Å². The molecule has 2 N–H and O–H groups in total. The van der Waals surface area contributed by atoms with Crippen LogP contribution in [0.5, 0.6) is 0 Å². The van der Waals surface area contributed by atoms with Crippen LogP contribution in [0.1, 0.15) is 71.1 Å². The first-order chi connectivity index (χ1) is 11.1. The maximum Gasteiger partial charge on any atom is 0.305 e. The van der Waals surface area contributed by atoms with Crippen LogP contribution in [0.4, 0.5) is 0 Å². The highest BCUT2D eigenvalue weighted by molar-refractivity contribution is 5.68. The van der Waals surface area contributed by atoms with Crippen molar-refractivity contribution in [1.82, 2.24) is 0 Å². The molecule has 0 spiro atoms. The summed E-state index contributed by atoms with van der Waals surface area (Å²) in [6.07, 6.45) is 12.6. The van der Waals surface area contributed by atoms with E-state index in [-0.39, 0.29) is 24.1 Å². The smallest absolute Gasteiger partial charge is 0.305 e. The van der Waals surface area contributed by atoms with E-state index in [1.807, 2.05) is 6.08 Å². The molecular formula is C19H34O4. The van der Waals surface area contributed by atoms with Crippen LogP contribution in [0.15, 0.2) is 12.2 Å². The maximum atomic E-state index is 11.1. The first-order valence-electron chi connectivity index (χ1n) is 9.19. The van der Waals surface area contributed by atoms with E-state index in [0.717, 1.165) is 51.4 Å². The number of aliphatic hydroxyl groups excluding tert-OH is 2. The summed E-state index contributed by atoms with van der Waals surface area (Å²) in [5.41, 5.74) is 0. The second-order valence-electron chi connectivity index (χ2n) is 6.74. The maximum absolute atomic E-state index is 11.1. The van der Waals surface area contributed by atoms with Gasteiger partial charge in [0.15, 0.2) is 0 Å². The number of carbonyl (C=O) groups excluding carboxylic acids is 1. The highest BCUT2D eigenvalue weighted by atomic mass is 16.5. The van der Waals surface area contributed by atoms with E-state index >= 15 is 0 Å². The summed E-state index contributed by atoms with van der Waals surface area (Å²) in [5, 5.41) is 20.2. The van der Waals surface area contributed by atoms with Crippen molar-refractivity contribution in [1.29, 1.82) is 0 Å². The molecule has 1 saturated carbocycles. The second-order valence-corrected chi connectivity index (χ2v) is 6.74. The van der Waals surface area contributed by atoms with Gasteiger partial charge in [0.25, 0.3) is 0 Å². The van der Waals surface area contributed by atoms with Gasteiger partial charge in [-0.05, 0) is 43.9 Å². The first-order valence-corrected chi connectivity index (χ1v) is 9.19. The number of carbonyl (C=O) groups is 1. The van der Waals surface area contributed by atoms with Crippen LogP contribution < -0.4 is 0 Å². The summed E-state index contributed by atoms with van der Waals surface area (Å²) in [5.74, 6) is 0.444. The molecule has 0 bridgehead atoms. The normalized spacial score (nSPS) is 25.8. The summed E-state index contributed by atoms with van der Waals surface area (Å²) in [4.78, 5) is 11.1. The standard InChI is InChI=1S/C19H34O4/c1-3-4-5-8-16(20)13-11-15-12-14-18(21)17(15)9-6-7-10-19(22)23-2/h11,13,15-18,20-21H,3-10,12,14H2,1-2H3/t15-,16?,17-,18+/m0/s1. The molecule has 1 unspecified atom stereocenters. The molecule has 1 aliphatic rings. The van der Waals surface area contributed by atoms with Gasteiger partial charge in [0.1, 0.15) is 0 Å². The fourth-order valence-corrected chi connectivity index (χ4v) is 3.44. The predicted octanol–water partition coefficient (Wildman–Crippen LogP) is 3.60. The number of hydrogen-bond donors (Lipinski definition) is 2. The van der Waals surface area contributed by atoms with Crippen molar-refractivity contribution >= 4 is 5.97 Å². The first kappa shape index (κ1) is 20.2. The molecule has 0 aliphatic heterocycles. The Morgan fingerprint density at radius 2 is 2.04 bits per heavy atom. The molecular weight excluding hydrogens is 292 g/mol.